The number of halogens is 1. The number of nitrogens with one attached hydrogen (secondary N) is 2. The van der Waals surface area contributed by atoms with Crippen molar-refractivity contribution in [2.45, 2.75) is 26.3 Å². The van der Waals surface area contributed by atoms with Gasteiger partial charge in [0, 0.05) is 42.1 Å². The van der Waals surface area contributed by atoms with Gasteiger partial charge in [0.05, 0.1) is 5.52 Å². The second-order valence-corrected chi connectivity index (χ2v) is 9.54. The van der Waals surface area contributed by atoms with Crippen molar-refractivity contribution < 1.29 is 9.18 Å². The van der Waals surface area contributed by atoms with Gasteiger partial charge in [-0.1, -0.05) is 48.0 Å². The smallest absolute Gasteiger partial charge is 0.270 e. The van der Waals surface area contributed by atoms with Crippen molar-refractivity contribution in [2.24, 2.45) is 5.92 Å². The standard InChI is InChI=1S/C26H25FN4O2S/c1-16-5-4-7-18(13-16)20-15-34-23-22(20)29-26(30-25(23)33)31-11-9-17(10-12-31)24(32)28-14-19-6-2-3-8-21(19)27/h2-8,13,15,17H,9-12,14H2,1H3,(H,28,32)(H,29,30,33). The molecular formula is C26H25FN4O2S. The lowest BCUT2D eigenvalue weighted by molar-refractivity contribution is -0.125. The van der Waals surface area contributed by atoms with Gasteiger partial charge in [0.2, 0.25) is 11.9 Å². The fourth-order valence-electron chi connectivity index (χ4n) is 4.41. The molecule has 1 aliphatic heterocycles. The number of aromatic nitrogens is 2. The molecule has 3 heterocycles. The van der Waals surface area contributed by atoms with Gasteiger partial charge >= 0.3 is 0 Å². The molecular weight excluding hydrogens is 451 g/mol. The van der Waals surface area contributed by atoms with Crippen molar-refractivity contribution in [1.82, 2.24) is 15.3 Å². The van der Waals surface area contributed by atoms with Crippen LogP contribution in [-0.4, -0.2) is 29.0 Å². The number of aryl methyl sites for hydroxylation is 1. The van der Waals surface area contributed by atoms with E-state index in [2.05, 4.69) is 16.4 Å². The fraction of sp³-hybridized carbons (Fsp3) is 0.269. The number of hydrogen-bond donors (Lipinski definition) is 2. The van der Waals surface area contributed by atoms with E-state index in [1.807, 2.05) is 35.4 Å². The third kappa shape index (κ3) is 4.46. The van der Waals surface area contributed by atoms with Crippen molar-refractivity contribution >= 4 is 33.4 Å². The Morgan fingerprint density at radius 3 is 2.76 bits per heavy atom. The number of aromatic amines is 1. The number of piperidine rings is 1. The quantitative estimate of drug-likeness (QED) is 0.440. The van der Waals surface area contributed by atoms with Gasteiger partial charge < -0.3 is 10.2 Å². The minimum Gasteiger partial charge on any atom is -0.352 e. The second kappa shape index (κ2) is 9.38. The zero-order valence-electron chi connectivity index (χ0n) is 18.8. The number of amides is 1. The van der Waals surface area contributed by atoms with Crippen LogP contribution >= 0.6 is 11.3 Å². The summed E-state index contributed by atoms with van der Waals surface area (Å²) in [5, 5.41) is 4.84. The molecule has 0 spiro atoms. The molecule has 34 heavy (non-hydrogen) atoms. The van der Waals surface area contributed by atoms with Crippen LogP contribution in [0.25, 0.3) is 21.3 Å². The van der Waals surface area contributed by atoms with Gasteiger partial charge in [0.15, 0.2) is 0 Å². The second-order valence-electron chi connectivity index (χ2n) is 8.66. The Hall–Kier alpha value is -3.52. The molecule has 1 saturated heterocycles. The topological polar surface area (TPSA) is 78.1 Å². The predicted octanol–water partition coefficient (Wildman–Crippen LogP) is 4.63. The van der Waals surface area contributed by atoms with Crippen LogP contribution in [-0.2, 0) is 11.3 Å². The van der Waals surface area contributed by atoms with Crippen LogP contribution in [0.1, 0.15) is 24.0 Å². The SMILES string of the molecule is Cc1cccc(-c2csc3c(=O)[nH]c(N4CCC(C(=O)NCc5ccccc5F)CC4)nc23)c1. The van der Waals surface area contributed by atoms with Crippen LogP contribution in [0.15, 0.2) is 58.7 Å². The largest absolute Gasteiger partial charge is 0.352 e. The van der Waals surface area contributed by atoms with Gasteiger partial charge in [-0.2, -0.15) is 0 Å². The first kappa shape index (κ1) is 22.3. The van der Waals surface area contributed by atoms with Gasteiger partial charge in [-0.05, 0) is 31.4 Å². The molecule has 1 fully saturated rings. The fourth-order valence-corrected chi connectivity index (χ4v) is 5.31. The maximum atomic E-state index is 13.8. The Morgan fingerprint density at radius 1 is 1.21 bits per heavy atom. The Kier molecular flexibility index (Phi) is 6.15. The molecule has 174 valence electrons. The van der Waals surface area contributed by atoms with E-state index >= 15 is 0 Å². The van der Waals surface area contributed by atoms with Gasteiger partial charge in [-0.25, -0.2) is 9.37 Å². The van der Waals surface area contributed by atoms with E-state index in [9.17, 15) is 14.0 Å². The molecule has 5 rings (SSSR count). The number of carbonyl (C=O) groups is 1. The minimum absolute atomic E-state index is 0.0700. The first-order chi connectivity index (χ1) is 16.5. The van der Waals surface area contributed by atoms with Crippen molar-refractivity contribution in [2.75, 3.05) is 18.0 Å². The molecule has 4 aromatic rings. The zero-order valence-corrected chi connectivity index (χ0v) is 19.6. The van der Waals surface area contributed by atoms with Crippen LogP contribution in [0.3, 0.4) is 0 Å². The van der Waals surface area contributed by atoms with Crippen LogP contribution in [0, 0.1) is 18.7 Å². The summed E-state index contributed by atoms with van der Waals surface area (Å²) in [6.45, 7) is 3.43. The van der Waals surface area contributed by atoms with Gasteiger partial charge in [0.1, 0.15) is 10.5 Å². The molecule has 0 atom stereocenters. The number of fused-ring (bicyclic) bond motifs is 1. The summed E-state index contributed by atoms with van der Waals surface area (Å²) >= 11 is 1.40. The Morgan fingerprint density at radius 2 is 2.00 bits per heavy atom. The molecule has 0 radical (unpaired) electrons. The minimum atomic E-state index is -0.318. The summed E-state index contributed by atoms with van der Waals surface area (Å²) in [5.74, 6) is -0.00150. The maximum Gasteiger partial charge on any atom is 0.270 e. The summed E-state index contributed by atoms with van der Waals surface area (Å²) in [7, 11) is 0. The maximum absolute atomic E-state index is 13.8. The number of H-pyrrole nitrogens is 1. The van der Waals surface area contributed by atoms with E-state index in [0.29, 0.717) is 47.7 Å². The molecule has 0 unspecified atom stereocenters. The van der Waals surface area contributed by atoms with E-state index in [1.165, 1.54) is 17.4 Å². The lowest BCUT2D eigenvalue weighted by Gasteiger charge is -2.31. The van der Waals surface area contributed by atoms with Gasteiger partial charge in [-0.3, -0.25) is 14.6 Å². The van der Waals surface area contributed by atoms with Crippen LogP contribution in [0.4, 0.5) is 10.3 Å². The summed E-state index contributed by atoms with van der Waals surface area (Å²) in [6.07, 6.45) is 1.28. The lowest BCUT2D eigenvalue weighted by atomic mass is 9.96. The number of thiophene rings is 1. The molecule has 0 bridgehead atoms. The highest BCUT2D eigenvalue weighted by Gasteiger charge is 2.26. The highest BCUT2D eigenvalue weighted by atomic mass is 32.1. The van der Waals surface area contributed by atoms with Crippen molar-refractivity contribution in [1.29, 1.82) is 0 Å². The number of nitrogens with zero attached hydrogens (tertiary/aromatic N) is 2. The van der Waals surface area contributed by atoms with Crippen LogP contribution in [0.5, 0.6) is 0 Å². The summed E-state index contributed by atoms with van der Waals surface area (Å²) in [5.41, 5.74) is 4.19. The van der Waals surface area contributed by atoms with Crippen LogP contribution < -0.4 is 15.8 Å². The lowest BCUT2D eigenvalue weighted by Crippen LogP contribution is -2.41. The first-order valence-corrected chi connectivity index (χ1v) is 12.2. The zero-order chi connectivity index (χ0) is 23.7. The Bertz CT molecular complexity index is 1410. The van der Waals surface area contributed by atoms with Gasteiger partial charge in [-0.15, -0.1) is 11.3 Å². The highest BCUT2D eigenvalue weighted by molar-refractivity contribution is 7.17. The van der Waals surface area contributed by atoms with Crippen molar-refractivity contribution in [3.8, 4) is 11.1 Å². The third-order valence-electron chi connectivity index (χ3n) is 6.32. The first-order valence-electron chi connectivity index (χ1n) is 11.3. The highest BCUT2D eigenvalue weighted by Crippen LogP contribution is 2.32. The van der Waals surface area contributed by atoms with Gasteiger partial charge in [0.25, 0.3) is 5.56 Å². The molecule has 2 aromatic heterocycles. The number of carbonyl (C=O) groups excluding carboxylic acids is 1. The molecule has 2 aromatic carbocycles. The van der Waals surface area contributed by atoms with Crippen LogP contribution in [0.2, 0.25) is 0 Å². The van der Waals surface area contributed by atoms with E-state index in [1.54, 1.807) is 18.2 Å². The van der Waals surface area contributed by atoms with E-state index < -0.39 is 0 Å². The van der Waals surface area contributed by atoms with Crippen molar-refractivity contribution in [3.63, 3.8) is 0 Å². The predicted molar refractivity (Wildman–Crippen MR) is 134 cm³/mol. The summed E-state index contributed by atoms with van der Waals surface area (Å²) in [4.78, 5) is 35.2. The number of hydrogen-bond acceptors (Lipinski definition) is 5. The molecule has 2 N–H and O–H groups in total. The summed E-state index contributed by atoms with van der Waals surface area (Å²) in [6, 6.07) is 14.6. The van der Waals surface area contributed by atoms with E-state index in [0.717, 1.165) is 16.7 Å². The number of anilines is 1. The average molecular weight is 477 g/mol. The molecule has 0 saturated carbocycles. The molecule has 1 aliphatic rings. The molecule has 6 nitrogen and oxygen atoms in total. The van der Waals surface area contributed by atoms with Crippen molar-refractivity contribution in [3.05, 3.63) is 81.2 Å². The Labute approximate surface area is 200 Å². The normalized spacial score (nSPS) is 14.5. The number of benzene rings is 2. The van der Waals surface area contributed by atoms with E-state index in [-0.39, 0.29) is 29.7 Å². The molecule has 1 amide bonds. The third-order valence-corrected chi connectivity index (χ3v) is 7.29. The molecule has 8 heteroatoms. The summed E-state index contributed by atoms with van der Waals surface area (Å²) < 4.78 is 14.4. The van der Waals surface area contributed by atoms with E-state index in [4.69, 9.17) is 4.98 Å². The number of rotatable bonds is 5. The molecule has 0 aliphatic carbocycles. The Balaban J connectivity index is 1.29. The monoisotopic (exact) mass is 476 g/mol. The average Bonchev–Trinajstić information content (AvgIpc) is 3.28.